The van der Waals surface area contributed by atoms with Gasteiger partial charge in [0.15, 0.2) is 16.4 Å². The van der Waals surface area contributed by atoms with Crippen molar-refractivity contribution in [3.63, 3.8) is 0 Å². The summed E-state index contributed by atoms with van der Waals surface area (Å²) >= 11 is 11.8. The molecule has 0 spiro atoms. The lowest BCUT2D eigenvalue weighted by Crippen LogP contribution is -2.56. The van der Waals surface area contributed by atoms with Gasteiger partial charge in [-0.05, 0) is 44.7 Å². The van der Waals surface area contributed by atoms with Gasteiger partial charge in [0.1, 0.15) is 17.3 Å². The van der Waals surface area contributed by atoms with Gasteiger partial charge in [-0.1, -0.05) is 62.5 Å². The first kappa shape index (κ1) is 34.0. The summed E-state index contributed by atoms with van der Waals surface area (Å²) in [4.78, 5) is 56.2. The van der Waals surface area contributed by atoms with Gasteiger partial charge in [-0.25, -0.2) is 4.79 Å². The Labute approximate surface area is 250 Å². The molecule has 11 nitrogen and oxygen atoms in total. The van der Waals surface area contributed by atoms with Gasteiger partial charge in [-0.15, -0.1) is 0 Å². The van der Waals surface area contributed by atoms with E-state index in [1.54, 1.807) is 52.8 Å². The van der Waals surface area contributed by atoms with Crippen LogP contribution in [0.4, 0.5) is 10.5 Å². The molecule has 0 saturated heterocycles. The van der Waals surface area contributed by atoms with E-state index in [1.807, 2.05) is 13.8 Å². The van der Waals surface area contributed by atoms with Crippen molar-refractivity contribution in [2.24, 2.45) is 11.8 Å². The number of carbonyl (C=O) groups excluding carboxylic acids is 4. The number of Topliss-reactive ketones (excluding diaryl/α,β-unsaturated/α-hetero) is 1. The van der Waals surface area contributed by atoms with Crippen LogP contribution in [-0.2, 0) is 19.1 Å². The van der Waals surface area contributed by atoms with Crippen LogP contribution in [0.3, 0.4) is 0 Å². The van der Waals surface area contributed by atoms with Gasteiger partial charge in [0, 0.05) is 30.9 Å². The van der Waals surface area contributed by atoms with Crippen molar-refractivity contribution < 1.29 is 28.4 Å². The van der Waals surface area contributed by atoms with Gasteiger partial charge in [-0.3, -0.25) is 19.4 Å². The first-order valence-electron chi connectivity index (χ1n) is 13.4. The minimum Gasteiger partial charge on any atom is -0.444 e. The number of aromatic nitrogens is 2. The maximum Gasteiger partial charge on any atom is 0.408 e. The molecular formula is C28H39Cl2N5O6. The maximum absolute atomic E-state index is 13.4. The molecule has 0 bridgehead atoms. The highest BCUT2D eigenvalue weighted by atomic mass is 35.5. The summed E-state index contributed by atoms with van der Waals surface area (Å²) < 4.78 is 10.5. The van der Waals surface area contributed by atoms with Crippen LogP contribution in [0.1, 0.15) is 61.3 Å². The topological polar surface area (TPSA) is 144 Å². The Morgan fingerprint density at radius 1 is 1.05 bits per heavy atom. The van der Waals surface area contributed by atoms with Crippen LogP contribution < -0.4 is 15.5 Å². The van der Waals surface area contributed by atoms with Crippen molar-refractivity contribution >= 4 is 52.6 Å². The van der Waals surface area contributed by atoms with E-state index in [2.05, 4.69) is 20.8 Å². The molecule has 2 N–H and O–H groups in total. The number of nitrogens with zero attached hydrogens (tertiary/aromatic N) is 3. The first-order chi connectivity index (χ1) is 19.1. The van der Waals surface area contributed by atoms with Gasteiger partial charge in [0.25, 0.3) is 5.91 Å². The van der Waals surface area contributed by atoms with Crippen LogP contribution in [0, 0.1) is 11.8 Å². The number of nitrogens with one attached hydrogen (secondary N) is 2. The van der Waals surface area contributed by atoms with Crippen molar-refractivity contribution in [2.45, 2.75) is 83.8 Å². The molecule has 13 heteroatoms. The number of hydrogen-bond donors (Lipinski definition) is 2. The van der Waals surface area contributed by atoms with Crippen LogP contribution in [-0.4, -0.2) is 62.9 Å². The predicted molar refractivity (Wildman–Crippen MR) is 157 cm³/mol. The summed E-state index contributed by atoms with van der Waals surface area (Å²) in [5.41, 5.74) is 0.0836. The van der Waals surface area contributed by atoms with Crippen molar-refractivity contribution in [3.05, 3.63) is 30.6 Å². The number of alkyl halides is 2. The Morgan fingerprint density at radius 3 is 2.27 bits per heavy atom. The SMILES string of the molecule is CCC(C)C(NC(=O)OC(C)(C)C)C(=O)NC(C(=O)CCN(C(=O)C(Cl)Cl)c1ccnc(-c2ccno2)c1)C(C)C. The van der Waals surface area contributed by atoms with Crippen LogP contribution in [0.5, 0.6) is 0 Å². The van der Waals surface area contributed by atoms with Gasteiger partial charge in [0.2, 0.25) is 5.91 Å². The van der Waals surface area contributed by atoms with E-state index in [9.17, 15) is 19.2 Å². The molecule has 41 heavy (non-hydrogen) atoms. The fourth-order valence-corrected chi connectivity index (χ4v) is 4.17. The number of hydrogen-bond acceptors (Lipinski definition) is 8. The third-order valence-electron chi connectivity index (χ3n) is 6.26. The van der Waals surface area contributed by atoms with Crippen molar-refractivity contribution in [1.82, 2.24) is 20.8 Å². The molecule has 0 aromatic carbocycles. The molecular weight excluding hydrogens is 573 g/mol. The number of rotatable bonds is 13. The second kappa shape index (κ2) is 15.2. The normalized spacial score (nSPS) is 13.8. The molecule has 0 aliphatic heterocycles. The molecule has 0 aliphatic rings. The minimum atomic E-state index is -1.37. The third-order valence-corrected chi connectivity index (χ3v) is 6.63. The van der Waals surface area contributed by atoms with E-state index in [4.69, 9.17) is 32.5 Å². The quantitative estimate of drug-likeness (QED) is 0.304. The number of carbonyl (C=O) groups is 4. The van der Waals surface area contributed by atoms with Crippen molar-refractivity contribution in [1.29, 1.82) is 0 Å². The molecule has 226 valence electrons. The van der Waals surface area contributed by atoms with Crippen molar-refractivity contribution in [3.8, 4) is 11.5 Å². The Balaban J connectivity index is 2.21. The second-order valence-electron chi connectivity index (χ2n) is 11.0. The highest BCUT2D eigenvalue weighted by Crippen LogP contribution is 2.24. The zero-order valence-electron chi connectivity index (χ0n) is 24.4. The number of alkyl carbamates (subject to hydrolysis) is 1. The van der Waals surface area contributed by atoms with Gasteiger partial charge < -0.3 is 24.8 Å². The summed E-state index contributed by atoms with van der Waals surface area (Å²) in [6.45, 7) is 12.4. The minimum absolute atomic E-state index is 0.0580. The smallest absolute Gasteiger partial charge is 0.408 e. The zero-order valence-corrected chi connectivity index (χ0v) is 26.0. The average Bonchev–Trinajstić information content (AvgIpc) is 3.44. The average molecular weight is 613 g/mol. The Kier molecular flexibility index (Phi) is 12.6. The third kappa shape index (κ3) is 10.3. The summed E-state index contributed by atoms with van der Waals surface area (Å²) in [5, 5.41) is 9.11. The standard InChI is InChI=1S/C28H39Cl2N5O6/c1-8-17(4)23(34-27(39)40-28(5,6)7)25(37)33-22(16(2)3)20(36)11-14-35(26(38)24(29)30)18-9-12-31-19(15-18)21-10-13-32-41-21/h9-10,12-13,15-17,22-24H,8,11,14H2,1-7H3,(H,33,37)(H,34,39). The molecule has 3 atom stereocenters. The van der Waals surface area contributed by atoms with Gasteiger partial charge in [0.05, 0.1) is 12.2 Å². The van der Waals surface area contributed by atoms with Crippen LogP contribution in [0.25, 0.3) is 11.5 Å². The van der Waals surface area contributed by atoms with E-state index in [0.29, 0.717) is 23.6 Å². The Bertz CT molecular complexity index is 1180. The van der Waals surface area contributed by atoms with Crippen LogP contribution in [0.15, 0.2) is 35.1 Å². The number of anilines is 1. The molecule has 0 radical (unpaired) electrons. The number of ketones is 1. The molecule has 2 rings (SSSR count). The molecule has 2 aromatic heterocycles. The van der Waals surface area contributed by atoms with E-state index in [0.717, 1.165) is 0 Å². The monoisotopic (exact) mass is 611 g/mol. The highest BCUT2D eigenvalue weighted by Gasteiger charge is 2.33. The molecule has 3 amide bonds. The number of pyridine rings is 1. The largest absolute Gasteiger partial charge is 0.444 e. The summed E-state index contributed by atoms with van der Waals surface area (Å²) in [5.74, 6) is -1.55. The molecule has 0 fully saturated rings. The van der Waals surface area contributed by atoms with E-state index in [1.165, 1.54) is 17.3 Å². The lowest BCUT2D eigenvalue weighted by molar-refractivity contribution is -0.130. The molecule has 2 heterocycles. The maximum atomic E-state index is 13.4. The molecule has 0 aliphatic carbocycles. The number of halogens is 2. The number of ether oxygens (including phenoxy) is 1. The lowest BCUT2D eigenvalue weighted by Gasteiger charge is -2.29. The Hall–Kier alpha value is -3.18. The lowest BCUT2D eigenvalue weighted by atomic mass is 9.94. The predicted octanol–water partition coefficient (Wildman–Crippen LogP) is 4.91. The second-order valence-corrected chi connectivity index (χ2v) is 12.1. The fourth-order valence-electron chi connectivity index (χ4n) is 3.93. The Morgan fingerprint density at radius 2 is 1.73 bits per heavy atom. The molecule has 0 saturated carbocycles. The van der Waals surface area contributed by atoms with Gasteiger partial charge >= 0.3 is 6.09 Å². The van der Waals surface area contributed by atoms with Crippen LogP contribution >= 0.6 is 23.2 Å². The summed E-state index contributed by atoms with van der Waals surface area (Å²) in [6, 6.07) is 3.01. The van der Waals surface area contributed by atoms with Crippen LogP contribution in [0.2, 0.25) is 0 Å². The fraction of sp³-hybridized carbons (Fsp3) is 0.571. The zero-order chi connectivity index (χ0) is 30.9. The van der Waals surface area contributed by atoms with Crippen molar-refractivity contribution in [2.75, 3.05) is 11.4 Å². The summed E-state index contributed by atoms with van der Waals surface area (Å²) in [7, 11) is 0. The number of amides is 3. The highest BCUT2D eigenvalue weighted by molar-refractivity contribution is 6.54. The van der Waals surface area contributed by atoms with Gasteiger partial charge in [-0.2, -0.15) is 0 Å². The van der Waals surface area contributed by atoms with E-state index >= 15 is 0 Å². The van der Waals surface area contributed by atoms with E-state index < -0.39 is 40.4 Å². The molecule has 3 unspecified atom stereocenters. The summed E-state index contributed by atoms with van der Waals surface area (Å²) in [6.07, 6.45) is 2.72. The first-order valence-corrected chi connectivity index (χ1v) is 14.3. The molecule has 2 aromatic rings. The van der Waals surface area contributed by atoms with E-state index in [-0.39, 0.29) is 30.6 Å².